The van der Waals surface area contributed by atoms with Gasteiger partial charge < -0.3 is 20.6 Å². The second kappa shape index (κ2) is 4.54. The van der Waals surface area contributed by atoms with Gasteiger partial charge in [0.15, 0.2) is 5.75 Å². The predicted octanol–water partition coefficient (Wildman–Crippen LogP) is 0.225. The lowest BCUT2D eigenvalue weighted by molar-refractivity contribution is -0.275. The van der Waals surface area contributed by atoms with Crippen LogP contribution in [0.1, 0.15) is 11.1 Å². The zero-order chi connectivity index (χ0) is 12.3. The first-order valence-corrected chi connectivity index (χ1v) is 4.19. The number of nitrogens with one attached hydrogen (secondary N) is 1. The zero-order valence-corrected chi connectivity index (χ0v) is 7.97. The summed E-state index contributed by atoms with van der Waals surface area (Å²) in [6.45, 7) is -0.886. The van der Waals surface area contributed by atoms with E-state index in [0.29, 0.717) is 0 Å². The van der Waals surface area contributed by atoms with Crippen LogP contribution in [0.5, 0.6) is 5.75 Å². The Morgan fingerprint density at radius 1 is 1.50 bits per heavy atom. The van der Waals surface area contributed by atoms with E-state index in [0.717, 1.165) is 6.20 Å². The number of nitrogens with two attached hydrogens (primary N) is 1. The molecule has 0 aliphatic heterocycles. The Hall–Kier alpha value is -1.54. The number of hydrogen-bond acceptors (Lipinski definition) is 4. The van der Waals surface area contributed by atoms with Gasteiger partial charge in [-0.1, -0.05) is 0 Å². The van der Waals surface area contributed by atoms with Gasteiger partial charge in [-0.2, -0.15) is 0 Å². The molecule has 0 aromatic carbocycles. The summed E-state index contributed by atoms with van der Waals surface area (Å²) in [5.74, 6) is -0.929. The molecule has 0 spiro atoms. The van der Waals surface area contributed by atoms with Crippen LogP contribution in [0.2, 0.25) is 0 Å². The molecule has 0 amide bonds. The summed E-state index contributed by atoms with van der Waals surface area (Å²) < 4.78 is 39.5. The van der Waals surface area contributed by atoms with Gasteiger partial charge in [-0.3, -0.25) is 4.79 Å². The third kappa shape index (κ3) is 2.74. The number of hydrogen-bond donors (Lipinski definition) is 3. The van der Waals surface area contributed by atoms with E-state index in [9.17, 15) is 18.0 Å². The molecule has 1 aromatic rings. The molecular formula is C8H9F3N2O3. The van der Waals surface area contributed by atoms with Crippen molar-refractivity contribution in [1.82, 2.24) is 4.98 Å². The summed E-state index contributed by atoms with van der Waals surface area (Å²) in [4.78, 5) is 13.1. The van der Waals surface area contributed by atoms with Gasteiger partial charge in [0, 0.05) is 23.9 Å². The molecule has 8 heteroatoms. The average Bonchev–Trinajstić information content (AvgIpc) is 2.19. The first-order valence-electron chi connectivity index (χ1n) is 4.19. The minimum absolute atomic E-state index is 0.0846. The molecular weight excluding hydrogens is 229 g/mol. The van der Waals surface area contributed by atoms with Crippen LogP contribution in [0.15, 0.2) is 11.0 Å². The number of pyridine rings is 1. The van der Waals surface area contributed by atoms with Gasteiger partial charge in [-0.05, 0) is 0 Å². The molecule has 16 heavy (non-hydrogen) atoms. The lowest BCUT2D eigenvalue weighted by Crippen LogP contribution is -2.25. The van der Waals surface area contributed by atoms with Crippen LogP contribution in [0.4, 0.5) is 13.2 Å². The van der Waals surface area contributed by atoms with Crippen molar-refractivity contribution >= 4 is 0 Å². The van der Waals surface area contributed by atoms with Gasteiger partial charge in [0.1, 0.15) is 0 Å². The number of aromatic amines is 1. The van der Waals surface area contributed by atoms with E-state index in [1.165, 1.54) is 0 Å². The third-order valence-electron chi connectivity index (χ3n) is 1.84. The molecule has 4 N–H and O–H groups in total. The highest BCUT2D eigenvalue weighted by molar-refractivity contribution is 5.36. The van der Waals surface area contributed by atoms with Gasteiger partial charge >= 0.3 is 6.36 Å². The van der Waals surface area contributed by atoms with Gasteiger partial charge in [-0.25, -0.2) is 0 Å². The molecule has 90 valence electrons. The maximum atomic E-state index is 12.0. The first kappa shape index (κ1) is 12.5. The van der Waals surface area contributed by atoms with Crippen molar-refractivity contribution in [3.8, 4) is 5.75 Å². The SMILES string of the molecule is NCc1c(CO)c[nH]c(=O)c1OC(F)(F)F. The van der Waals surface area contributed by atoms with E-state index in [1.807, 2.05) is 4.98 Å². The minimum atomic E-state index is -4.98. The number of aliphatic hydroxyl groups excluding tert-OH is 1. The zero-order valence-electron chi connectivity index (χ0n) is 7.97. The van der Waals surface area contributed by atoms with Crippen LogP contribution >= 0.6 is 0 Å². The van der Waals surface area contributed by atoms with Gasteiger partial charge in [0.2, 0.25) is 0 Å². The second-order valence-electron chi connectivity index (χ2n) is 2.86. The second-order valence-corrected chi connectivity index (χ2v) is 2.86. The molecule has 0 atom stereocenters. The van der Waals surface area contributed by atoms with Crippen LogP contribution in [-0.2, 0) is 13.2 Å². The Balaban J connectivity index is 3.29. The summed E-state index contributed by atoms with van der Waals surface area (Å²) in [6.07, 6.45) is -3.89. The van der Waals surface area contributed by atoms with Crippen molar-refractivity contribution in [2.75, 3.05) is 0 Å². The third-order valence-corrected chi connectivity index (χ3v) is 1.84. The van der Waals surface area contributed by atoms with Crippen LogP contribution in [-0.4, -0.2) is 16.5 Å². The molecule has 1 heterocycles. The highest BCUT2D eigenvalue weighted by Gasteiger charge is 2.33. The molecule has 1 rings (SSSR count). The molecule has 0 bridgehead atoms. The number of H-pyrrole nitrogens is 1. The summed E-state index contributed by atoms with van der Waals surface area (Å²) in [5.41, 5.74) is 4.08. The average molecular weight is 238 g/mol. The van der Waals surface area contributed by atoms with E-state index in [4.69, 9.17) is 10.8 Å². The van der Waals surface area contributed by atoms with Gasteiger partial charge in [0.25, 0.3) is 5.56 Å². The van der Waals surface area contributed by atoms with Crippen molar-refractivity contribution in [3.05, 3.63) is 27.7 Å². The van der Waals surface area contributed by atoms with Crippen molar-refractivity contribution in [2.45, 2.75) is 19.5 Å². The topological polar surface area (TPSA) is 88.3 Å². The number of halogens is 3. The van der Waals surface area contributed by atoms with E-state index in [2.05, 4.69) is 4.74 Å². The highest BCUT2D eigenvalue weighted by atomic mass is 19.4. The quantitative estimate of drug-likeness (QED) is 0.703. The van der Waals surface area contributed by atoms with Gasteiger partial charge in [-0.15, -0.1) is 13.2 Å². The van der Waals surface area contributed by atoms with Crippen molar-refractivity contribution < 1.29 is 23.0 Å². The fraction of sp³-hybridized carbons (Fsp3) is 0.375. The molecule has 5 nitrogen and oxygen atoms in total. The van der Waals surface area contributed by atoms with Gasteiger partial charge in [0.05, 0.1) is 6.61 Å². The monoisotopic (exact) mass is 238 g/mol. The maximum Gasteiger partial charge on any atom is 0.573 e. The molecule has 0 radical (unpaired) electrons. The lowest BCUT2D eigenvalue weighted by Gasteiger charge is -2.13. The molecule has 0 fully saturated rings. The molecule has 1 aromatic heterocycles. The fourth-order valence-electron chi connectivity index (χ4n) is 1.18. The smallest absolute Gasteiger partial charge is 0.400 e. The van der Waals surface area contributed by atoms with E-state index in [1.54, 1.807) is 0 Å². The standard InChI is InChI=1S/C8H9F3N2O3/c9-8(10,11)16-6-5(1-12)4(3-14)2-13-7(6)15/h2,14H,1,3,12H2,(H,13,15). The summed E-state index contributed by atoms with van der Waals surface area (Å²) in [5, 5.41) is 8.85. The summed E-state index contributed by atoms with van der Waals surface area (Å²) >= 11 is 0. The lowest BCUT2D eigenvalue weighted by atomic mass is 10.1. The molecule has 0 saturated heterocycles. The Morgan fingerprint density at radius 2 is 2.12 bits per heavy atom. The Kier molecular flexibility index (Phi) is 3.55. The normalized spacial score (nSPS) is 11.6. The molecule has 0 aliphatic carbocycles. The predicted molar refractivity (Wildman–Crippen MR) is 47.6 cm³/mol. The van der Waals surface area contributed by atoms with Crippen molar-refractivity contribution in [2.24, 2.45) is 5.73 Å². The first-order chi connectivity index (χ1) is 7.39. The summed E-state index contributed by atoms with van der Waals surface area (Å²) in [6, 6.07) is 0. The van der Waals surface area contributed by atoms with E-state index >= 15 is 0 Å². The maximum absolute atomic E-state index is 12.0. The summed E-state index contributed by atoms with van der Waals surface area (Å²) in [7, 11) is 0. The molecule has 0 aliphatic rings. The number of rotatable bonds is 3. The van der Waals surface area contributed by atoms with Crippen LogP contribution < -0.4 is 16.0 Å². The highest BCUT2D eigenvalue weighted by Crippen LogP contribution is 2.24. The van der Waals surface area contributed by atoms with Crippen molar-refractivity contribution in [1.29, 1.82) is 0 Å². The molecule has 0 unspecified atom stereocenters. The Bertz CT molecular complexity index is 428. The number of alkyl halides is 3. The largest absolute Gasteiger partial charge is 0.573 e. The minimum Gasteiger partial charge on any atom is -0.400 e. The van der Waals surface area contributed by atoms with Crippen LogP contribution in [0.3, 0.4) is 0 Å². The van der Waals surface area contributed by atoms with Crippen molar-refractivity contribution in [3.63, 3.8) is 0 Å². The van der Waals surface area contributed by atoms with Crippen LogP contribution in [0.25, 0.3) is 0 Å². The Labute approximate surface area is 87.7 Å². The van der Waals surface area contributed by atoms with Crippen LogP contribution in [0, 0.1) is 0 Å². The number of aliphatic hydroxyl groups is 1. The van der Waals surface area contributed by atoms with E-state index in [-0.39, 0.29) is 17.7 Å². The molecule has 0 saturated carbocycles. The fourth-order valence-corrected chi connectivity index (χ4v) is 1.18. The number of aromatic nitrogens is 1. The Morgan fingerprint density at radius 3 is 2.56 bits per heavy atom. The number of ether oxygens (including phenoxy) is 1. The van der Waals surface area contributed by atoms with E-state index < -0.39 is 24.3 Å².